The summed E-state index contributed by atoms with van der Waals surface area (Å²) in [6.45, 7) is 6.52. The minimum Gasteiger partial charge on any atom is -0.305 e. The standard InChI is InChI=1S/C24H25N3O3S2/c1-5-12-26-21-15-17(3)14-18(4)22(21)31-24(26)25-23(28)20-7-6-13-27(20)32(29,30)19-10-8-16(2)9-11-19/h1,8-11,14-15,20H,6-7,12-13H2,2-4H3. The van der Waals surface area contributed by atoms with Gasteiger partial charge in [-0.1, -0.05) is 41.0 Å². The highest BCUT2D eigenvalue weighted by Crippen LogP contribution is 2.28. The quantitative estimate of drug-likeness (QED) is 0.551. The molecule has 2 aromatic carbocycles. The topological polar surface area (TPSA) is 71.7 Å². The molecule has 1 aliphatic heterocycles. The van der Waals surface area contributed by atoms with Crippen LogP contribution in [-0.4, -0.2) is 35.8 Å². The maximum Gasteiger partial charge on any atom is 0.266 e. The number of hydrogen-bond acceptors (Lipinski definition) is 4. The largest absolute Gasteiger partial charge is 0.305 e. The molecule has 6 nitrogen and oxygen atoms in total. The molecule has 1 amide bonds. The first-order valence-electron chi connectivity index (χ1n) is 10.4. The van der Waals surface area contributed by atoms with Crippen LogP contribution in [0.3, 0.4) is 0 Å². The Labute approximate surface area is 192 Å². The van der Waals surface area contributed by atoms with Crippen molar-refractivity contribution in [2.75, 3.05) is 6.54 Å². The van der Waals surface area contributed by atoms with Crippen LogP contribution in [-0.2, 0) is 21.4 Å². The van der Waals surface area contributed by atoms with Crippen LogP contribution in [0.2, 0.25) is 0 Å². The van der Waals surface area contributed by atoms with E-state index < -0.39 is 22.0 Å². The number of carbonyl (C=O) groups excluding carboxylic acids is 1. The van der Waals surface area contributed by atoms with Gasteiger partial charge in [-0.3, -0.25) is 4.79 Å². The number of nitrogens with zero attached hydrogens (tertiary/aromatic N) is 3. The minimum atomic E-state index is -3.78. The first kappa shape index (κ1) is 22.5. The molecule has 0 spiro atoms. The number of terminal acetylenes is 1. The van der Waals surface area contributed by atoms with Crippen molar-refractivity contribution in [3.05, 3.63) is 57.9 Å². The van der Waals surface area contributed by atoms with Crippen LogP contribution in [0, 0.1) is 33.1 Å². The van der Waals surface area contributed by atoms with Crippen molar-refractivity contribution in [2.24, 2.45) is 4.99 Å². The molecule has 2 heterocycles. The number of thiazole rings is 1. The van der Waals surface area contributed by atoms with Crippen molar-refractivity contribution >= 4 is 37.5 Å². The average molecular weight is 468 g/mol. The molecule has 0 N–H and O–H groups in total. The first-order chi connectivity index (χ1) is 15.2. The summed E-state index contributed by atoms with van der Waals surface area (Å²) >= 11 is 1.40. The maximum absolute atomic E-state index is 13.2. The predicted octanol–water partition coefficient (Wildman–Crippen LogP) is 3.54. The fraction of sp³-hybridized carbons (Fsp3) is 0.333. The van der Waals surface area contributed by atoms with E-state index in [2.05, 4.69) is 17.0 Å². The number of carbonyl (C=O) groups is 1. The fourth-order valence-corrected chi connectivity index (χ4v) is 6.87. The molecule has 1 unspecified atom stereocenters. The third kappa shape index (κ3) is 4.04. The van der Waals surface area contributed by atoms with Crippen LogP contribution in [0.1, 0.15) is 29.5 Å². The van der Waals surface area contributed by atoms with Crippen molar-refractivity contribution < 1.29 is 13.2 Å². The van der Waals surface area contributed by atoms with Crippen LogP contribution in [0.5, 0.6) is 0 Å². The summed E-state index contributed by atoms with van der Waals surface area (Å²) in [4.78, 5) is 18.3. The number of rotatable bonds is 4. The highest BCUT2D eigenvalue weighted by atomic mass is 32.2. The highest BCUT2D eigenvalue weighted by molar-refractivity contribution is 7.89. The molecule has 0 saturated carbocycles. The molecule has 1 fully saturated rings. The minimum absolute atomic E-state index is 0.193. The van der Waals surface area contributed by atoms with Gasteiger partial charge < -0.3 is 4.57 Å². The van der Waals surface area contributed by atoms with Gasteiger partial charge in [-0.25, -0.2) is 8.42 Å². The van der Waals surface area contributed by atoms with E-state index in [-0.39, 0.29) is 11.4 Å². The molecular formula is C24H25N3O3S2. The number of aryl methyl sites for hydroxylation is 3. The summed E-state index contributed by atoms with van der Waals surface area (Å²) in [7, 11) is -3.78. The zero-order valence-electron chi connectivity index (χ0n) is 18.3. The summed E-state index contributed by atoms with van der Waals surface area (Å²) in [5, 5.41) is 0. The van der Waals surface area contributed by atoms with Crippen LogP contribution in [0.4, 0.5) is 0 Å². The van der Waals surface area contributed by atoms with E-state index in [1.165, 1.54) is 15.6 Å². The molecule has 0 radical (unpaired) electrons. The Morgan fingerprint density at radius 3 is 2.59 bits per heavy atom. The number of hydrogen-bond donors (Lipinski definition) is 0. The Balaban J connectivity index is 1.75. The van der Waals surface area contributed by atoms with Crippen LogP contribution < -0.4 is 4.80 Å². The third-order valence-electron chi connectivity index (χ3n) is 5.69. The second-order valence-corrected chi connectivity index (χ2v) is 11.0. The van der Waals surface area contributed by atoms with Crippen LogP contribution in [0.15, 0.2) is 46.3 Å². The molecule has 166 valence electrons. The van der Waals surface area contributed by atoms with Gasteiger partial charge in [0.2, 0.25) is 10.0 Å². The Morgan fingerprint density at radius 1 is 1.19 bits per heavy atom. The lowest BCUT2D eigenvalue weighted by molar-refractivity contribution is -0.121. The van der Waals surface area contributed by atoms with E-state index in [4.69, 9.17) is 6.42 Å². The molecule has 32 heavy (non-hydrogen) atoms. The smallest absolute Gasteiger partial charge is 0.266 e. The summed E-state index contributed by atoms with van der Waals surface area (Å²) in [6.07, 6.45) is 6.65. The molecule has 0 aliphatic carbocycles. The zero-order valence-corrected chi connectivity index (χ0v) is 20.0. The van der Waals surface area contributed by atoms with E-state index in [0.717, 1.165) is 26.9 Å². The molecule has 3 aromatic rings. The number of sulfonamides is 1. The van der Waals surface area contributed by atoms with E-state index in [9.17, 15) is 13.2 Å². The van der Waals surface area contributed by atoms with Crippen molar-refractivity contribution in [2.45, 2.75) is 51.1 Å². The SMILES string of the molecule is C#CCn1c(=NC(=O)C2CCCN2S(=O)(=O)c2ccc(C)cc2)sc2c(C)cc(C)cc21. The number of amides is 1. The van der Waals surface area contributed by atoms with Crippen LogP contribution >= 0.6 is 11.3 Å². The summed E-state index contributed by atoms with van der Waals surface area (Å²) in [5.41, 5.74) is 4.10. The van der Waals surface area contributed by atoms with Crippen molar-refractivity contribution in [3.8, 4) is 12.3 Å². The predicted molar refractivity (Wildman–Crippen MR) is 127 cm³/mol. The highest BCUT2D eigenvalue weighted by Gasteiger charge is 2.39. The summed E-state index contributed by atoms with van der Waals surface area (Å²) in [6, 6.07) is 9.98. The van der Waals surface area contributed by atoms with Gasteiger partial charge >= 0.3 is 0 Å². The average Bonchev–Trinajstić information content (AvgIpc) is 3.36. The zero-order chi connectivity index (χ0) is 23.0. The molecule has 1 saturated heterocycles. The van der Waals surface area contributed by atoms with E-state index in [1.807, 2.05) is 31.4 Å². The third-order valence-corrected chi connectivity index (χ3v) is 8.84. The summed E-state index contributed by atoms with van der Waals surface area (Å²) in [5.74, 6) is 2.18. The van der Waals surface area contributed by atoms with E-state index in [1.54, 1.807) is 24.3 Å². The molecule has 1 aliphatic rings. The molecule has 1 aromatic heterocycles. The Bertz CT molecular complexity index is 1410. The van der Waals surface area contributed by atoms with Crippen molar-refractivity contribution in [1.29, 1.82) is 0 Å². The van der Waals surface area contributed by atoms with Crippen molar-refractivity contribution in [3.63, 3.8) is 0 Å². The normalized spacial score (nSPS) is 17.7. The second kappa shape index (κ2) is 8.66. The van der Waals surface area contributed by atoms with E-state index in [0.29, 0.717) is 24.2 Å². The molecule has 8 heteroatoms. The Hall–Kier alpha value is -2.73. The van der Waals surface area contributed by atoms with Gasteiger partial charge in [-0.05, 0) is 62.9 Å². The number of aromatic nitrogens is 1. The molecule has 1 atom stereocenters. The number of benzene rings is 2. The van der Waals surface area contributed by atoms with Gasteiger partial charge in [0.1, 0.15) is 6.04 Å². The van der Waals surface area contributed by atoms with Crippen molar-refractivity contribution in [1.82, 2.24) is 8.87 Å². The second-order valence-electron chi connectivity index (χ2n) is 8.14. The molecule has 4 rings (SSSR count). The Morgan fingerprint density at radius 2 is 1.91 bits per heavy atom. The lowest BCUT2D eigenvalue weighted by Crippen LogP contribution is -2.40. The van der Waals surface area contributed by atoms with Gasteiger partial charge in [0, 0.05) is 6.54 Å². The van der Waals surface area contributed by atoms with Crippen LogP contribution in [0.25, 0.3) is 10.2 Å². The summed E-state index contributed by atoms with van der Waals surface area (Å²) < 4.78 is 30.6. The lowest BCUT2D eigenvalue weighted by Gasteiger charge is -2.21. The van der Waals surface area contributed by atoms with Gasteiger partial charge in [-0.15, -0.1) is 6.42 Å². The lowest BCUT2D eigenvalue weighted by atomic mass is 10.1. The van der Waals surface area contributed by atoms with E-state index >= 15 is 0 Å². The van der Waals surface area contributed by atoms with Gasteiger partial charge in [-0.2, -0.15) is 9.30 Å². The molecular weight excluding hydrogens is 442 g/mol. The van der Waals surface area contributed by atoms with Gasteiger partial charge in [0.05, 0.1) is 21.7 Å². The number of fused-ring (bicyclic) bond motifs is 1. The maximum atomic E-state index is 13.2. The Kier molecular flexibility index (Phi) is 6.08. The van der Waals surface area contributed by atoms with Gasteiger partial charge in [0.25, 0.3) is 5.91 Å². The fourth-order valence-electron chi connectivity index (χ4n) is 4.13. The molecule has 0 bridgehead atoms. The van der Waals surface area contributed by atoms with Gasteiger partial charge in [0.15, 0.2) is 4.80 Å². The first-order valence-corrected chi connectivity index (χ1v) is 12.7. The monoisotopic (exact) mass is 467 g/mol.